The number of carbonyl (C=O) groups is 5. The number of hydrogen-bond acceptors (Lipinski definition) is 8. The molecule has 0 amide bonds. The fourth-order valence-corrected chi connectivity index (χ4v) is 11.7. The summed E-state index contributed by atoms with van der Waals surface area (Å²) in [6.45, 7) is 10.4. The second-order valence-electron chi connectivity index (χ2n) is 16.6. The molecule has 1 aliphatic heterocycles. The van der Waals surface area contributed by atoms with Crippen LogP contribution in [0.5, 0.6) is 0 Å². The molecule has 1 heterocycles. The van der Waals surface area contributed by atoms with Crippen molar-refractivity contribution in [2.45, 2.75) is 124 Å². The van der Waals surface area contributed by atoms with Crippen LogP contribution in [0, 0.1) is 70.0 Å². The van der Waals surface area contributed by atoms with Gasteiger partial charge in [0.05, 0.1) is 5.92 Å². The van der Waals surface area contributed by atoms with E-state index in [-0.39, 0.29) is 113 Å². The minimum absolute atomic E-state index is 0.0135. The summed E-state index contributed by atoms with van der Waals surface area (Å²) in [7, 11) is 0. The van der Waals surface area contributed by atoms with Crippen LogP contribution in [0.1, 0.15) is 105 Å². The molecule has 14 unspecified atom stereocenters. The fraction of sp³-hybridized carbons (Fsp3) is 0.861. The van der Waals surface area contributed by atoms with E-state index in [1.165, 1.54) is 0 Å². The van der Waals surface area contributed by atoms with E-state index in [1.54, 1.807) is 0 Å². The van der Waals surface area contributed by atoms with Crippen molar-refractivity contribution in [3.8, 4) is 0 Å². The van der Waals surface area contributed by atoms with Gasteiger partial charge < -0.3 is 14.2 Å². The lowest BCUT2D eigenvalue weighted by Gasteiger charge is -2.58. The smallest absolute Gasteiger partial charge is 0.309 e. The zero-order chi connectivity index (χ0) is 31.3. The van der Waals surface area contributed by atoms with Crippen molar-refractivity contribution in [2.75, 3.05) is 0 Å². The zero-order valence-electron chi connectivity index (χ0n) is 27.0. The second kappa shape index (κ2) is 10.7. The quantitative estimate of drug-likeness (QED) is 0.262. The van der Waals surface area contributed by atoms with Gasteiger partial charge in [-0.05, 0) is 79.4 Å². The van der Waals surface area contributed by atoms with Crippen LogP contribution in [0.3, 0.4) is 0 Å². The maximum Gasteiger partial charge on any atom is 0.309 e. The van der Waals surface area contributed by atoms with Crippen LogP contribution in [-0.4, -0.2) is 47.8 Å². The first-order valence-corrected chi connectivity index (χ1v) is 17.5. The van der Waals surface area contributed by atoms with Crippen molar-refractivity contribution < 1.29 is 38.2 Å². The number of fused-ring (bicyclic) bond motifs is 6. The van der Waals surface area contributed by atoms with Crippen molar-refractivity contribution in [1.29, 1.82) is 0 Å². The Kier molecular flexibility index (Phi) is 7.46. The molecule has 2 bridgehead atoms. The van der Waals surface area contributed by atoms with Crippen molar-refractivity contribution >= 4 is 29.3 Å². The van der Waals surface area contributed by atoms with Crippen molar-refractivity contribution in [2.24, 2.45) is 70.0 Å². The van der Waals surface area contributed by atoms with Crippen LogP contribution < -0.4 is 0 Å². The molecule has 1 saturated heterocycles. The Bertz CT molecular complexity index is 1260. The highest BCUT2D eigenvalue weighted by Gasteiger charge is 2.66. The number of esters is 2. The van der Waals surface area contributed by atoms with Crippen LogP contribution in [-0.2, 0) is 38.2 Å². The lowest BCUT2D eigenvalue weighted by Crippen LogP contribution is -2.60. The molecule has 0 radical (unpaired) electrons. The highest BCUT2D eigenvalue weighted by atomic mass is 16.7. The Morgan fingerprint density at radius 2 is 1.77 bits per heavy atom. The molecule has 0 spiro atoms. The summed E-state index contributed by atoms with van der Waals surface area (Å²) in [6.07, 6.45) is 5.97. The van der Waals surface area contributed by atoms with Gasteiger partial charge in [-0.3, -0.25) is 24.0 Å². The molecular formula is C36H50O8. The normalized spacial score (nSPS) is 46.9. The van der Waals surface area contributed by atoms with Crippen LogP contribution in [0.25, 0.3) is 0 Å². The Morgan fingerprint density at radius 3 is 2.52 bits per heavy atom. The first-order chi connectivity index (χ1) is 20.8. The highest BCUT2D eigenvalue weighted by molar-refractivity contribution is 5.93. The van der Waals surface area contributed by atoms with Gasteiger partial charge >= 0.3 is 11.9 Å². The van der Waals surface area contributed by atoms with E-state index >= 15 is 0 Å². The van der Waals surface area contributed by atoms with Crippen LogP contribution >= 0.6 is 0 Å². The monoisotopic (exact) mass is 610 g/mol. The molecule has 7 aliphatic rings. The molecule has 0 N–H and O–H groups in total. The molecule has 0 aromatic carbocycles. The number of ether oxygens (including phenoxy) is 3. The maximum atomic E-state index is 14.1. The molecule has 8 nitrogen and oxygen atoms in total. The highest BCUT2D eigenvalue weighted by Crippen LogP contribution is 2.66. The maximum absolute atomic E-state index is 14.1. The molecule has 242 valence electrons. The number of Topliss-reactive ketones (excluding diaryl/α,β-unsaturated/α-hetero) is 3. The summed E-state index contributed by atoms with van der Waals surface area (Å²) in [5.74, 6) is 1.19. The van der Waals surface area contributed by atoms with E-state index in [9.17, 15) is 24.0 Å². The van der Waals surface area contributed by atoms with Gasteiger partial charge in [-0.1, -0.05) is 34.6 Å². The Morgan fingerprint density at radius 1 is 1.00 bits per heavy atom. The van der Waals surface area contributed by atoms with Gasteiger partial charge in [-0.2, -0.15) is 0 Å². The molecule has 44 heavy (non-hydrogen) atoms. The topological polar surface area (TPSA) is 113 Å². The molecule has 6 aliphatic carbocycles. The van der Waals surface area contributed by atoms with E-state index in [0.29, 0.717) is 32.1 Å². The molecule has 7 fully saturated rings. The molecule has 7 rings (SSSR count). The molecule has 6 saturated carbocycles. The third-order valence-corrected chi connectivity index (χ3v) is 14.2. The van der Waals surface area contributed by atoms with Crippen molar-refractivity contribution in [1.82, 2.24) is 0 Å². The Hall–Kier alpha value is -2.09. The van der Waals surface area contributed by atoms with Gasteiger partial charge in [0.15, 0.2) is 0 Å². The van der Waals surface area contributed by atoms with Crippen molar-refractivity contribution in [3.05, 3.63) is 0 Å². The average Bonchev–Trinajstić information content (AvgIpc) is 3.69. The van der Waals surface area contributed by atoms with E-state index in [1.807, 2.05) is 13.8 Å². The molecule has 14 atom stereocenters. The lowest BCUT2D eigenvalue weighted by molar-refractivity contribution is -0.218. The van der Waals surface area contributed by atoms with Crippen LogP contribution in [0.2, 0.25) is 0 Å². The number of ketones is 3. The lowest BCUT2D eigenvalue weighted by atomic mass is 9.44. The van der Waals surface area contributed by atoms with Gasteiger partial charge in [0.1, 0.15) is 29.6 Å². The first kappa shape index (κ1) is 30.6. The Labute approximate surface area is 261 Å². The van der Waals surface area contributed by atoms with Gasteiger partial charge in [-0.15, -0.1) is 0 Å². The number of rotatable bonds is 8. The summed E-state index contributed by atoms with van der Waals surface area (Å²) in [5, 5.41) is 0. The van der Waals surface area contributed by atoms with E-state index in [2.05, 4.69) is 20.8 Å². The largest absolute Gasteiger partial charge is 0.459 e. The fourth-order valence-electron chi connectivity index (χ4n) is 11.7. The second-order valence-corrected chi connectivity index (χ2v) is 16.6. The van der Waals surface area contributed by atoms with E-state index < -0.39 is 11.7 Å². The van der Waals surface area contributed by atoms with Crippen LogP contribution in [0.15, 0.2) is 0 Å². The predicted molar refractivity (Wildman–Crippen MR) is 159 cm³/mol. The summed E-state index contributed by atoms with van der Waals surface area (Å²) < 4.78 is 17.9. The number of hydrogen-bond donors (Lipinski definition) is 0. The third-order valence-electron chi connectivity index (χ3n) is 14.2. The number of carbonyl (C=O) groups excluding carboxylic acids is 5. The Balaban J connectivity index is 0.982. The first-order valence-electron chi connectivity index (χ1n) is 17.5. The molecule has 0 aromatic heterocycles. The van der Waals surface area contributed by atoms with E-state index in [0.717, 1.165) is 32.1 Å². The van der Waals surface area contributed by atoms with Crippen molar-refractivity contribution in [3.63, 3.8) is 0 Å². The average molecular weight is 611 g/mol. The van der Waals surface area contributed by atoms with Crippen LogP contribution in [0.4, 0.5) is 0 Å². The summed E-state index contributed by atoms with van der Waals surface area (Å²) in [4.78, 5) is 65.3. The predicted octanol–water partition coefficient (Wildman–Crippen LogP) is 5.48. The summed E-state index contributed by atoms with van der Waals surface area (Å²) in [6, 6.07) is 0. The van der Waals surface area contributed by atoms with Gasteiger partial charge in [-0.25, -0.2) is 0 Å². The van der Waals surface area contributed by atoms with Gasteiger partial charge in [0.25, 0.3) is 0 Å². The molecular weight excluding hydrogens is 560 g/mol. The minimum Gasteiger partial charge on any atom is -0.459 e. The molecule has 8 heteroatoms. The van der Waals surface area contributed by atoms with E-state index in [4.69, 9.17) is 14.2 Å². The summed E-state index contributed by atoms with van der Waals surface area (Å²) in [5.41, 5.74) is -0.680. The van der Waals surface area contributed by atoms with Gasteiger partial charge in [0.2, 0.25) is 6.29 Å². The third kappa shape index (κ3) is 4.50. The zero-order valence-corrected chi connectivity index (χ0v) is 27.0. The standard InChI is InChI=1S/C36H50O8/c1-17(2)34(44-31-19-12-22-23(13-19)33(41)43-32(22)31)42-29(40)9-6-18(3)24-7-8-25-30-26(16-28(39)36(24,25)5)35(4)11-10-21(37)14-20(35)15-27(30)38/h17-20,22-26,30-32,34H,6-16H2,1-5H3. The minimum atomic E-state index is -0.692. The molecule has 0 aromatic rings. The van der Waals surface area contributed by atoms with Gasteiger partial charge in [0, 0.05) is 55.3 Å². The SMILES string of the molecule is CC(C)C(OC(=O)CCC(C)C1CCC2C3C(=O)CC4CC(=O)CCC4(C)C3CC(=O)C12C)OC1C2CC3C(=O)OC1C3C2. The summed E-state index contributed by atoms with van der Waals surface area (Å²) >= 11 is 0.